The fraction of sp³-hybridized carbons (Fsp3) is 0.364. The summed E-state index contributed by atoms with van der Waals surface area (Å²) in [5.74, 6) is -2.95. The van der Waals surface area contributed by atoms with Gasteiger partial charge in [0.15, 0.2) is 5.16 Å². The monoisotopic (exact) mass is 480 g/mol. The molecule has 0 saturated carbocycles. The number of halogens is 3. The molecule has 1 aromatic heterocycles. The summed E-state index contributed by atoms with van der Waals surface area (Å²) in [7, 11) is 0. The number of nitrogens with zero attached hydrogens (tertiary/aromatic N) is 3. The maximum Gasteiger partial charge on any atom is 0.452 e. The second-order valence-electron chi connectivity index (χ2n) is 8.20. The van der Waals surface area contributed by atoms with Gasteiger partial charge in [0.1, 0.15) is 6.54 Å². The highest BCUT2D eigenvalue weighted by Crippen LogP contribution is 2.40. The predicted octanol–water partition coefficient (Wildman–Crippen LogP) is 4.63. The largest absolute Gasteiger partial charge is 0.480 e. The molecule has 0 atom stereocenters. The van der Waals surface area contributed by atoms with E-state index >= 15 is 0 Å². The zero-order valence-electron chi connectivity index (χ0n) is 18.4. The molecule has 176 valence electrons. The molecular weight excluding hydrogens is 457 g/mol. The second kappa shape index (κ2) is 9.05. The van der Waals surface area contributed by atoms with Crippen molar-refractivity contribution in [1.29, 1.82) is 0 Å². The van der Waals surface area contributed by atoms with Crippen LogP contribution in [-0.2, 0) is 15.8 Å². The molecule has 11 heteroatoms. The van der Waals surface area contributed by atoms with Gasteiger partial charge in [-0.1, -0.05) is 55.9 Å². The normalized spacial score (nSPS) is 12.4. The number of hydrogen-bond donors (Lipinski definition) is 2. The fourth-order valence-electron chi connectivity index (χ4n) is 3.39. The minimum Gasteiger partial charge on any atom is -0.480 e. The summed E-state index contributed by atoms with van der Waals surface area (Å²) in [6.07, 6.45) is -4.79. The van der Waals surface area contributed by atoms with Crippen molar-refractivity contribution < 1.29 is 27.9 Å². The van der Waals surface area contributed by atoms with E-state index in [-0.39, 0.29) is 16.8 Å². The number of amides is 1. The lowest BCUT2D eigenvalue weighted by atomic mass is 9.95. The van der Waals surface area contributed by atoms with E-state index in [1.165, 1.54) is 13.8 Å². The van der Waals surface area contributed by atoms with Gasteiger partial charge in [-0.25, -0.2) is 0 Å². The van der Waals surface area contributed by atoms with Gasteiger partial charge in [0.2, 0.25) is 11.7 Å². The topological polar surface area (TPSA) is 97.1 Å². The van der Waals surface area contributed by atoms with Crippen molar-refractivity contribution in [2.75, 3.05) is 6.54 Å². The summed E-state index contributed by atoms with van der Waals surface area (Å²) in [5, 5.41) is 19.4. The molecule has 0 unspecified atom stereocenters. The average molecular weight is 481 g/mol. The van der Waals surface area contributed by atoms with Gasteiger partial charge in [-0.05, 0) is 36.8 Å². The SMILES string of the molecule is CC(C)c1ccc(-n2c(SC(C)(C)C(=O)NCC(=O)O)nnc2C(F)(F)F)c2ccccc12. The fourth-order valence-corrected chi connectivity index (χ4v) is 4.36. The molecule has 1 amide bonds. The predicted molar refractivity (Wildman–Crippen MR) is 119 cm³/mol. The van der Waals surface area contributed by atoms with Gasteiger partial charge in [-0.3, -0.25) is 14.2 Å². The number of aromatic nitrogens is 3. The minimum atomic E-state index is -4.79. The van der Waals surface area contributed by atoms with E-state index < -0.39 is 35.2 Å². The van der Waals surface area contributed by atoms with Gasteiger partial charge in [0.05, 0.1) is 10.4 Å². The van der Waals surface area contributed by atoms with Gasteiger partial charge in [0, 0.05) is 5.39 Å². The first-order valence-corrected chi connectivity index (χ1v) is 10.9. The average Bonchev–Trinajstić information content (AvgIpc) is 3.13. The summed E-state index contributed by atoms with van der Waals surface area (Å²) in [5.41, 5.74) is 1.22. The van der Waals surface area contributed by atoms with Crippen LogP contribution in [0.25, 0.3) is 16.5 Å². The highest BCUT2D eigenvalue weighted by Gasteiger charge is 2.41. The second-order valence-corrected chi connectivity index (χ2v) is 9.79. The van der Waals surface area contributed by atoms with E-state index in [0.29, 0.717) is 5.39 Å². The number of carboxylic acids is 1. The van der Waals surface area contributed by atoms with E-state index in [4.69, 9.17) is 5.11 Å². The van der Waals surface area contributed by atoms with Crippen LogP contribution in [0.15, 0.2) is 41.6 Å². The highest BCUT2D eigenvalue weighted by atomic mass is 32.2. The maximum absolute atomic E-state index is 13.9. The van der Waals surface area contributed by atoms with Gasteiger partial charge < -0.3 is 10.4 Å². The molecule has 0 fully saturated rings. The Hall–Kier alpha value is -3.08. The number of fused-ring (bicyclic) bond motifs is 1. The lowest BCUT2D eigenvalue weighted by Gasteiger charge is -2.23. The molecule has 0 spiro atoms. The Labute approximate surface area is 192 Å². The van der Waals surface area contributed by atoms with Crippen LogP contribution in [0.2, 0.25) is 0 Å². The van der Waals surface area contributed by atoms with Crippen LogP contribution in [0.3, 0.4) is 0 Å². The Morgan fingerprint density at radius 3 is 2.30 bits per heavy atom. The minimum absolute atomic E-state index is 0.139. The number of nitrogens with one attached hydrogen (secondary N) is 1. The lowest BCUT2D eigenvalue weighted by Crippen LogP contribution is -2.42. The number of benzene rings is 2. The summed E-state index contributed by atoms with van der Waals surface area (Å²) in [4.78, 5) is 23.3. The molecule has 0 bridgehead atoms. The summed E-state index contributed by atoms with van der Waals surface area (Å²) in [6, 6.07) is 10.5. The van der Waals surface area contributed by atoms with Crippen LogP contribution in [0, 0.1) is 0 Å². The molecule has 0 aliphatic heterocycles. The Morgan fingerprint density at radius 2 is 1.73 bits per heavy atom. The van der Waals surface area contributed by atoms with Crippen molar-refractivity contribution in [2.24, 2.45) is 0 Å². The van der Waals surface area contributed by atoms with Gasteiger partial charge in [-0.2, -0.15) is 13.2 Å². The van der Waals surface area contributed by atoms with E-state index in [9.17, 15) is 22.8 Å². The van der Waals surface area contributed by atoms with Crippen molar-refractivity contribution in [2.45, 2.75) is 49.7 Å². The van der Waals surface area contributed by atoms with E-state index in [2.05, 4.69) is 15.5 Å². The van der Waals surface area contributed by atoms with Crippen LogP contribution in [-0.4, -0.2) is 43.0 Å². The number of thioether (sulfide) groups is 1. The van der Waals surface area contributed by atoms with Crippen molar-refractivity contribution in [3.8, 4) is 5.69 Å². The Kier molecular flexibility index (Phi) is 6.73. The number of hydrogen-bond acceptors (Lipinski definition) is 5. The highest BCUT2D eigenvalue weighted by molar-refractivity contribution is 8.01. The molecule has 0 radical (unpaired) electrons. The zero-order chi connectivity index (χ0) is 24.6. The van der Waals surface area contributed by atoms with Crippen LogP contribution in [0.4, 0.5) is 13.2 Å². The molecule has 0 saturated heterocycles. The molecule has 3 aromatic rings. The van der Waals surface area contributed by atoms with Crippen molar-refractivity contribution in [3.63, 3.8) is 0 Å². The van der Waals surface area contributed by atoms with Gasteiger partial charge in [0.25, 0.3) is 0 Å². The molecule has 33 heavy (non-hydrogen) atoms. The summed E-state index contributed by atoms with van der Waals surface area (Å²) < 4.78 is 41.2. The molecule has 0 aliphatic carbocycles. The number of carbonyl (C=O) groups is 2. The standard InChI is InChI=1S/C22H23F3N4O3S/c1-12(2)13-9-10-16(15-8-6-5-7-14(13)15)29-18(22(23,24)25)27-28-20(29)33-21(3,4)19(32)26-11-17(30)31/h5-10,12H,11H2,1-4H3,(H,26,32)(H,30,31). The summed E-state index contributed by atoms with van der Waals surface area (Å²) in [6.45, 7) is 6.34. The number of carbonyl (C=O) groups excluding carboxylic acids is 1. The molecule has 3 rings (SSSR count). The first-order chi connectivity index (χ1) is 15.3. The van der Waals surface area contributed by atoms with E-state index in [0.717, 1.165) is 27.3 Å². The van der Waals surface area contributed by atoms with Gasteiger partial charge in [-0.15, -0.1) is 10.2 Å². The first-order valence-electron chi connectivity index (χ1n) is 10.1. The Balaban J connectivity index is 2.17. The quantitative estimate of drug-likeness (QED) is 0.479. The smallest absolute Gasteiger partial charge is 0.452 e. The third-order valence-electron chi connectivity index (χ3n) is 4.98. The molecule has 1 heterocycles. The lowest BCUT2D eigenvalue weighted by molar-refractivity contribution is -0.146. The molecule has 7 nitrogen and oxygen atoms in total. The Bertz CT molecular complexity index is 1210. The van der Waals surface area contributed by atoms with Crippen molar-refractivity contribution in [1.82, 2.24) is 20.1 Å². The summed E-state index contributed by atoms with van der Waals surface area (Å²) >= 11 is 0.767. The van der Waals surface area contributed by atoms with Gasteiger partial charge >= 0.3 is 12.1 Å². The number of alkyl halides is 3. The molecular formula is C22H23F3N4O3S. The maximum atomic E-state index is 13.9. The van der Waals surface area contributed by atoms with Crippen LogP contribution in [0.1, 0.15) is 45.0 Å². The third kappa shape index (κ3) is 5.13. The first kappa shape index (κ1) is 24.6. The number of rotatable bonds is 7. The zero-order valence-corrected chi connectivity index (χ0v) is 19.2. The van der Waals surface area contributed by atoms with Crippen molar-refractivity contribution >= 4 is 34.4 Å². The van der Waals surface area contributed by atoms with Crippen molar-refractivity contribution in [3.05, 3.63) is 47.8 Å². The van der Waals surface area contributed by atoms with E-state index in [1.54, 1.807) is 24.3 Å². The number of aliphatic carboxylic acids is 1. The third-order valence-corrected chi connectivity index (χ3v) is 6.12. The van der Waals surface area contributed by atoms with Crippen LogP contribution < -0.4 is 5.32 Å². The number of carboxylic acid groups (broad SMARTS) is 1. The Morgan fingerprint density at radius 1 is 1.09 bits per heavy atom. The van der Waals surface area contributed by atoms with Crippen LogP contribution >= 0.6 is 11.8 Å². The molecule has 2 aromatic carbocycles. The molecule has 0 aliphatic rings. The van der Waals surface area contributed by atoms with E-state index in [1.807, 2.05) is 26.0 Å². The molecule has 2 N–H and O–H groups in total. The van der Waals surface area contributed by atoms with Crippen LogP contribution in [0.5, 0.6) is 0 Å².